The summed E-state index contributed by atoms with van der Waals surface area (Å²) in [6, 6.07) is 4.03. The van der Waals surface area contributed by atoms with Crippen LogP contribution in [0.25, 0.3) is 0 Å². The zero-order valence-electron chi connectivity index (χ0n) is 7.79. The molecule has 72 valence electrons. The minimum atomic E-state index is 0.731. The Labute approximate surface area is 84.1 Å². The third-order valence-electron chi connectivity index (χ3n) is 1.66. The quantitative estimate of drug-likeness (QED) is 0.705. The Morgan fingerprint density at radius 1 is 1.31 bits per heavy atom. The van der Waals surface area contributed by atoms with Gasteiger partial charge in [0.1, 0.15) is 0 Å². The van der Waals surface area contributed by atoms with Crippen LogP contribution in [0.15, 0.2) is 24.5 Å². The molecule has 1 heterocycles. The van der Waals surface area contributed by atoms with E-state index < -0.39 is 0 Å². The Morgan fingerprint density at radius 2 is 2.00 bits per heavy atom. The van der Waals surface area contributed by atoms with Crippen molar-refractivity contribution >= 4 is 17.3 Å². The molecule has 0 fully saturated rings. The summed E-state index contributed by atoms with van der Waals surface area (Å²) in [5.74, 6) is 0. The monoisotopic (exact) mass is 197 g/mol. The van der Waals surface area contributed by atoms with Crippen molar-refractivity contribution in [1.82, 2.24) is 15.2 Å². The van der Waals surface area contributed by atoms with E-state index in [2.05, 4.69) is 15.2 Å². The molecule has 0 aliphatic carbocycles. The van der Waals surface area contributed by atoms with Crippen molar-refractivity contribution in [1.29, 1.82) is 0 Å². The lowest BCUT2D eigenvalue weighted by molar-refractivity contribution is 0.672. The summed E-state index contributed by atoms with van der Waals surface area (Å²) in [7, 11) is 0. The van der Waals surface area contributed by atoms with Gasteiger partial charge in [0, 0.05) is 32.0 Å². The average molecular weight is 197 g/mol. The van der Waals surface area contributed by atoms with Crippen molar-refractivity contribution in [2.24, 2.45) is 0 Å². The van der Waals surface area contributed by atoms with E-state index in [1.54, 1.807) is 0 Å². The van der Waals surface area contributed by atoms with Gasteiger partial charge in [-0.15, -0.1) is 0 Å². The van der Waals surface area contributed by atoms with Gasteiger partial charge in [-0.25, -0.2) is 0 Å². The molecule has 2 N–H and O–H groups in total. The van der Waals surface area contributed by atoms with E-state index in [1.165, 1.54) is 0 Å². The molecule has 0 saturated carbocycles. The maximum Gasteiger partial charge on any atom is 0.166 e. The molecule has 0 aromatic carbocycles. The summed E-state index contributed by atoms with van der Waals surface area (Å²) in [6.07, 6.45) is 4.08. The van der Waals surface area contributed by atoms with Gasteiger partial charge < -0.3 is 15.2 Å². The number of hydrogen-bond acceptors (Lipinski definition) is 1. The van der Waals surface area contributed by atoms with Crippen molar-refractivity contribution in [2.75, 3.05) is 13.1 Å². The number of nitrogens with zero attached hydrogens (tertiary/aromatic N) is 1. The van der Waals surface area contributed by atoms with Crippen molar-refractivity contribution in [3.05, 3.63) is 24.5 Å². The molecule has 0 unspecified atom stereocenters. The van der Waals surface area contributed by atoms with Gasteiger partial charge in [0.25, 0.3) is 0 Å². The van der Waals surface area contributed by atoms with Crippen molar-refractivity contribution in [3.8, 4) is 0 Å². The first-order valence-corrected chi connectivity index (χ1v) is 4.86. The fraction of sp³-hybridized carbons (Fsp3) is 0.444. The van der Waals surface area contributed by atoms with E-state index in [4.69, 9.17) is 12.2 Å². The average Bonchev–Trinajstić information content (AvgIpc) is 2.57. The highest BCUT2D eigenvalue weighted by Gasteiger charge is 1.91. The largest absolute Gasteiger partial charge is 0.363 e. The second-order valence-corrected chi connectivity index (χ2v) is 3.12. The first-order valence-electron chi connectivity index (χ1n) is 4.45. The van der Waals surface area contributed by atoms with Crippen LogP contribution in [-0.2, 0) is 6.54 Å². The van der Waals surface area contributed by atoms with Crippen LogP contribution in [0.3, 0.4) is 0 Å². The third kappa shape index (κ3) is 3.94. The first kappa shape index (κ1) is 10.1. The Kier molecular flexibility index (Phi) is 4.32. The minimum Gasteiger partial charge on any atom is -0.363 e. The molecule has 1 aromatic rings. The minimum absolute atomic E-state index is 0.731. The highest BCUT2D eigenvalue weighted by molar-refractivity contribution is 7.80. The maximum absolute atomic E-state index is 5.02. The number of nitrogens with one attached hydrogen (secondary N) is 2. The summed E-state index contributed by atoms with van der Waals surface area (Å²) < 4.78 is 2.11. The second-order valence-electron chi connectivity index (χ2n) is 2.71. The van der Waals surface area contributed by atoms with Crippen LogP contribution in [0.4, 0.5) is 0 Å². The summed E-state index contributed by atoms with van der Waals surface area (Å²) in [5, 5.41) is 6.89. The summed E-state index contributed by atoms with van der Waals surface area (Å²) >= 11 is 5.02. The number of hydrogen-bond donors (Lipinski definition) is 2. The van der Waals surface area contributed by atoms with Gasteiger partial charge in [0.15, 0.2) is 5.11 Å². The Morgan fingerprint density at radius 3 is 2.62 bits per heavy atom. The molecule has 1 rings (SSSR count). The SMILES string of the molecule is CCNC(=S)NCCn1cccc1. The molecule has 0 spiro atoms. The molecule has 0 amide bonds. The van der Waals surface area contributed by atoms with Gasteiger partial charge in [0.2, 0.25) is 0 Å². The van der Waals surface area contributed by atoms with Crippen LogP contribution >= 0.6 is 12.2 Å². The predicted octanol–water partition coefficient (Wildman–Crippen LogP) is 0.972. The molecule has 0 radical (unpaired) electrons. The summed E-state index contributed by atoms with van der Waals surface area (Å²) in [5.41, 5.74) is 0. The standard InChI is InChI=1S/C9H15N3S/c1-2-10-9(13)11-5-8-12-6-3-4-7-12/h3-4,6-7H,2,5,8H2,1H3,(H2,10,11,13). The molecule has 0 atom stereocenters. The molecule has 0 aliphatic rings. The van der Waals surface area contributed by atoms with Crippen LogP contribution in [-0.4, -0.2) is 22.8 Å². The first-order chi connectivity index (χ1) is 6.33. The molecule has 3 nitrogen and oxygen atoms in total. The van der Waals surface area contributed by atoms with E-state index in [9.17, 15) is 0 Å². The van der Waals surface area contributed by atoms with Crippen molar-refractivity contribution in [3.63, 3.8) is 0 Å². The Balaban J connectivity index is 2.11. The van der Waals surface area contributed by atoms with E-state index in [0.717, 1.165) is 24.7 Å². The lowest BCUT2D eigenvalue weighted by atomic mass is 10.6. The van der Waals surface area contributed by atoms with E-state index in [1.807, 2.05) is 31.5 Å². The van der Waals surface area contributed by atoms with E-state index >= 15 is 0 Å². The van der Waals surface area contributed by atoms with Crippen molar-refractivity contribution in [2.45, 2.75) is 13.5 Å². The van der Waals surface area contributed by atoms with Crippen LogP contribution in [0.2, 0.25) is 0 Å². The molecule has 0 saturated heterocycles. The lowest BCUT2D eigenvalue weighted by Crippen LogP contribution is -2.36. The molecular weight excluding hydrogens is 182 g/mol. The molecule has 0 aliphatic heterocycles. The van der Waals surface area contributed by atoms with Crippen LogP contribution in [0.1, 0.15) is 6.92 Å². The van der Waals surface area contributed by atoms with E-state index in [0.29, 0.717) is 0 Å². The topological polar surface area (TPSA) is 29.0 Å². The lowest BCUT2D eigenvalue weighted by Gasteiger charge is -2.08. The fourth-order valence-corrected chi connectivity index (χ4v) is 1.29. The zero-order chi connectivity index (χ0) is 9.52. The number of rotatable bonds is 4. The zero-order valence-corrected chi connectivity index (χ0v) is 8.60. The Hall–Kier alpha value is -1.03. The molecular formula is C9H15N3S. The molecule has 1 aromatic heterocycles. The molecule has 13 heavy (non-hydrogen) atoms. The van der Waals surface area contributed by atoms with Gasteiger partial charge in [-0.1, -0.05) is 0 Å². The normalized spacial score (nSPS) is 9.62. The second kappa shape index (κ2) is 5.59. The number of thiocarbonyl (C=S) groups is 1. The van der Waals surface area contributed by atoms with Crippen LogP contribution in [0.5, 0.6) is 0 Å². The third-order valence-corrected chi connectivity index (χ3v) is 1.95. The highest BCUT2D eigenvalue weighted by atomic mass is 32.1. The fourth-order valence-electron chi connectivity index (χ4n) is 1.04. The molecule has 0 bridgehead atoms. The summed E-state index contributed by atoms with van der Waals surface area (Å²) in [4.78, 5) is 0. The van der Waals surface area contributed by atoms with Gasteiger partial charge in [-0.2, -0.15) is 0 Å². The van der Waals surface area contributed by atoms with Gasteiger partial charge >= 0.3 is 0 Å². The maximum atomic E-state index is 5.02. The van der Waals surface area contributed by atoms with Crippen LogP contribution < -0.4 is 10.6 Å². The van der Waals surface area contributed by atoms with Gasteiger partial charge in [0.05, 0.1) is 0 Å². The van der Waals surface area contributed by atoms with Crippen molar-refractivity contribution < 1.29 is 0 Å². The predicted molar refractivity (Wildman–Crippen MR) is 58.7 cm³/mol. The number of aromatic nitrogens is 1. The Bertz CT molecular complexity index is 243. The van der Waals surface area contributed by atoms with Gasteiger partial charge in [-0.05, 0) is 31.3 Å². The molecule has 4 heteroatoms. The van der Waals surface area contributed by atoms with Gasteiger partial charge in [-0.3, -0.25) is 0 Å². The van der Waals surface area contributed by atoms with E-state index in [-0.39, 0.29) is 0 Å². The highest BCUT2D eigenvalue weighted by Crippen LogP contribution is 1.87. The smallest absolute Gasteiger partial charge is 0.166 e. The summed E-state index contributed by atoms with van der Waals surface area (Å²) in [6.45, 7) is 4.70. The van der Waals surface area contributed by atoms with Crippen LogP contribution in [0, 0.1) is 0 Å².